The highest BCUT2D eigenvalue weighted by Gasteiger charge is 2.57. The molecule has 3 aromatic carbocycles. The number of rotatable bonds is 11. The first kappa shape index (κ1) is 31.5. The molecule has 1 aliphatic carbocycles. The molecule has 0 radical (unpaired) electrons. The van der Waals surface area contributed by atoms with Crippen molar-refractivity contribution in [1.29, 1.82) is 0 Å². The number of amides is 2. The minimum absolute atomic E-state index is 0.112. The molecule has 0 bridgehead atoms. The normalized spacial score (nSPS) is 22.7. The van der Waals surface area contributed by atoms with Gasteiger partial charge in [0.15, 0.2) is 0 Å². The van der Waals surface area contributed by atoms with E-state index in [4.69, 9.17) is 21.1 Å². The van der Waals surface area contributed by atoms with E-state index in [-0.39, 0.29) is 47.6 Å². The molecule has 9 nitrogen and oxygen atoms in total. The summed E-state index contributed by atoms with van der Waals surface area (Å²) in [6.45, 7) is 2.68. The van der Waals surface area contributed by atoms with Gasteiger partial charge in [0.1, 0.15) is 18.1 Å². The number of non-ortho nitro benzene ring substituents is 1. The van der Waals surface area contributed by atoms with Gasteiger partial charge in [-0.25, -0.2) is 4.90 Å². The number of nitro groups is 1. The van der Waals surface area contributed by atoms with Gasteiger partial charge in [0, 0.05) is 18.1 Å². The van der Waals surface area contributed by atoms with Crippen LogP contribution in [0.2, 0.25) is 5.02 Å². The second-order valence-electron chi connectivity index (χ2n) is 12.0. The first-order chi connectivity index (χ1) is 22.2. The fraction of sp³-hybridized carbons (Fsp3) is 0.333. The minimum atomic E-state index is -0.617. The number of anilines is 1. The van der Waals surface area contributed by atoms with Crippen LogP contribution in [0.3, 0.4) is 0 Å². The van der Waals surface area contributed by atoms with Crippen molar-refractivity contribution in [2.24, 2.45) is 17.8 Å². The second kappa shape index (κ2) is 13.5. The Balaban J connectivity index is 1.29. The van der Waals surface area contributed by atoms with Crippen molar-refractivity contribution < 1.29 is 29.1 Å². The van der Waals surface area contributed by atoms with Crippen molar-refractivity contribution >= 4 is 40.9 Å². The number of ether oxygens (including phenoxy) is 2. The zero-order valence-corrected chi connectivity index (χ0v) is 26.2. The standard InChI is InChI=1S/C36H35ClN2O7/c1-2-7-22(16-23-13-14-27(40)19-31(23)37)12-15-32-33-24(20-45-28-10-4-3-5-11-28)17-29-34(30(33)21-46-32)36(42)38(35(29)41)25-8-6-9-26(18-25)39(43)44/h3-6,8-11,13-14,16,18-19,29-30,32,34,40H,2,7,12,15,17,20-21H2,1H3/b22-16+/t29-,30+,32-,34-/m1/s1. The summed E-state index contributed by atoms with van der Waals surface area (Å²) in [5.41, 5.74) is 4.04. The van der Waals surface area contributed by atoms with Crippen LogP contribution in [0.4, 0.5) is 11.4 Å². The Morgan fingerprint density at radius 3 is 2.61 bits per heavy atom. The quantitative estimate of drug-likeness (QED) is 0.0994. The van der Waals surface area contributed by atoms with Crippen LogP contribution in [-0.2, 0) is 14.3 Å². The lowest BCUT2D eigenvalue weighted by atomic mass is 9.69. The van der Waals surface area contributed by atoms with E-state index in [1.165, 1.54) is 29.8 Å². The highest BCUT2D eigenvalue weighted by molar-refractivity contribution is 6.32. The molecule has 3 aliphatic rings. The Morgan fingerprint density at radius 2 is 1.87 bits per heavy atom. The first-order valence-corrected chi connectivity index (χ1v) is 15.9. The number of hydrogen-bond acceptors (Lipinski definition) is 7. The molecule has 10 heteroatoms. The Bertz CT molecular complexity index is 1720. The average molecular weight is 643 g/mol. The predicted molar refractivity (Wildman–Crippen MR) is 175 cm³/mol. The van der Waals surface area contributed by atoms with Crippen molar-refractivity contribution in [3.8, 4) is 11.5 Å². The summed E-state index contributed by atoms with van der Waals surface area (Å²) >= 11 is 6.41. The van der Waals surface area contributed by atoms with Gasteiger partial charge in [0.25, 0.3) is 5.69 Å². The van der Waals surface area contributed by atoms with Crippen LogP contribution >= 0.6 is 11.6 Å². The molecule has 2 aliphatic heterocycles. The number of nitrogens with zero attached hydrogens (tertiary/aromatic N) is 2. The number of hydrogen-bond donors (Lipinski definition) is 1. The van der Waals surface area contributed by atoms with E-state index in [0.29, 0.717) is 30.2 Å². The maximum absolute atomic E-state index is 14.0. The number of para-hydroxylation sites is 1. The van der Waals surface area contributed by atoms with Crippen LogP contribution in [0.1, 0.15) is 44.6 Å². The van der Waals surface area contributed by atoms with Gasteiger partial charge in [-0.1, -0.05) is 60.9 Å². The summed E-state index contributed by atoms with van der Waals surface area (Å²) in [5, 5.41) is 21.7. The van der Waals surface area contributed by atoms with Crippen LogP contribution in [-0.4, -0.2) is 41.2 Å². The summed E-state index contributed by atoms with van der Waals surface area (Å²) in [4.78, 5) is 39.8. The van der Waals surface area contributed by atoms with Crippen molar-refractivity contribution in [1.82, 2.24) is 0 Å². The number of aromatic hydroxyl groups is 1. The van der Waals surface area contributed by atoms with E-state index >= 15 is 0 Å². The number of phenolic OH excluding ortho intramolecular Hbond substituents is 1. The Morgan fingerprint density at radius 1 is 1.07 bits per heavy atom. The number of halogens is 1. The monoisotopic (exact) mass is 642 g/mol. The second-order valence-corrected chi connectivity index (χ2v) is 12.4. The number of phenols is 1. The van der Waals surface area contributed by atoms with E-state index in [9.17, 15) is 24.8 Å². The third-order valence-corrected chi connectivity index (χ3v) is 9.43. The molecule has 0 aromatic heterocycles. The van der Waals surface area contributed by atoms with Gasteiger partial charge in [-0.15, -0.1) is 0 Å². The van der Waals surface area contributed by atoms with Gasteiger partial charge in [-0.2, -0.15) is 0 Å². The topological polar surface area (TPSA) is 119 Å². The van der Waals surface area contributed by atoms with Gasteiger partial charge < -0.3 is 14.6 Å². The van der Waals surface area contributed by atoms with Gasteiger partial charge in [0.05, 0.1) is 40.2 Å². The lowest BCUT2D eigenvalue weighted by molar-refractivity contribution is -0.384. The highest BCUT2D eigenvalue weighted by Crippen LogP contribution is 2.51. The summed E-state index contributed by atoms with van der Waals surface area (Å²) in [5.74, 6) is -1.41. The molecule has 2 amide bonds. The largest absolute Gasteiger partial charge is 0.508 e. The van der Waals surface area contributed by atoms with Crippen LogP contribution in [0.15, 0.2) is 89.5 Å². The molecule has 6 rings (SSSR count). The maximum Gasteiger partial charge on any atom is 0.271 e. The Hall–Kier alpha value is -4.47. The number of carbonyl (C=O) groups is 2. The molecule has 0 spiro atoms. The number of benzene rings is 3. The first-order valence-electron chi connectivity index (χ1n) is 15.6. The van der Waals surface area contributed by atoms with E-state index in [2.05, 4.69) is 13.0 Å². The molecule has 2 saturated heterocycles. The smallest absolute Gasteiger partial charge is 0.271 e. The third kappa shape index (κ3) is 6.30. The molecule has 2 heterocycles. The van der Waals surface area contributed by atoms with Gasteiger partial charge in [0.2, 0.25) is 11.8 Å². The summed E-state index contributed by atoms with van der Waals surface area (Å²) in [7, 11) is 0. The van der Waals surface area contributed by atoms with E-state index < -0.39 is 16.8 Å². The number of carbonyl (C=O) groups excluding carboxylic acids is 2. The lowest BCUT2D eigenvalue weighted by Gasteiger charge is -2.31. The van der Waals surface area contributed by atoms with E-state index in [1.807, 2.05) is 30.3 Å². The van der Waals surface area contributed by atoms with Crippen molar-refractivity contribution in [2.75, 3.05) is 18.1 Å². The predicted octanol–water partition coefficient (Wildman–Crippen LogP) is 7.52. The summed E-state index contributed by atoms with van der Waals surface area (Å²) in [6.07, 6.45) is 5.38. The van der Waals surface area contributed by atoms with Gasteiger partial charge >= 0.3 is 0 Å². The van der Waals surface area contributed by atoms with Gasteiger partial charge in [-0.05, 0) is 78.8 Å². The van der Waals surface area contributed by atoms with Crippen LogP contribution in [0.5, 0.6) is 11.5 Å². The molecule has 1 N–H and O–H groups in total. The molecule has 2 fully saturated rings. The number of allylic oxidation sites excluding steroid dienone is 1. The Kier molecular flexibility index (Phi) is 9.24. The minimum Gasteiger partial charge on any atom is -0.508 e. The zero-order valence-electron chi connectivity index (χ0n) is 25.4. The SMILES string of the molecule is CCC/C(=C\c1ccc(O)cc1Cl)CC[C@H]1OC[C@H]2C1=C(COc1ccccc1)C[C@H]1C(=O)N(c3cccc([N+](=O)[O-])c3)C(=O)[C@H]12. The molecule has 238 valence electrons. The van der Waals surface area contributed by atoms with E-state index in [0.717, 1.165) is 40.9 Å². The van der Waals surface area contributed by atoms with Crippen LogP contribution in [0, 0.1) is 27.9 Å². The number of fused-ring (bicyclic) bond motifs is 3. The molecular weight excluding hydrogens is 608 g/mol. The maximum atomic E-state index is 14.0. The zero-order chi connectivity index (χ0) is 32.4. The highest BCUT2D eigenvalue weighted by atomic mass is 35.5. The summed E-state index contributed by atoms with van der Waals surface area (Å²) < 4.78 is 12.6. The number of nitro benzene ring substituents is 1. The lowest BCUT2D eigenvalue weighted by Crippen LogP contribution is -2.35. The van der Waals surface area contributed by atoms with Crippen molar-refractivity contribution in [2.45, 2.75) is 45.1 Å². The average Bonchev–Trinajstić information content (AvgIpc) is 3.58. The fourth-order valence-corrected chi connectivity index (χ4v) is 7.28. The van der Waals surface area contributed by atoms with E-state index in [1.54, 1.807) is 18.2 Å². The Labute approximate surface area is 272 Å². The van der Waals surface area contributed by atoms with Crippen molar-refractivity contribution in [3.05, 3.63) is 110 Å². The molecule has 3 aromatic rings. The van der Waals surface area contributed by atoms with Crippen LogP contribution < -0.4 is 9.64 Å². The molecule has 4 atom stereocenters. The molecular formula is C36H35ClN2O7. The van der Waals surface area contributed by atoms with Crippen LogP contribution in [0.25, 0.3) is 6.08 Å². The fourth-order valence-electron chi connectivity index (χ4n) is 7.05. The number of imide groups is 1. The summed E-state index contributed by atoms with van der Waals surface area (Å²) in [6, 6.07) is 20.1. The third-order valence-electron chi connectivity index (χ3n) is 9.11. The van der Waals surface area contributed by atoms with Crippen molar-refractivity contribution in [3.63, 3.8) is 0 Å². The molecule has 0 unspecified atom stereocenters. The molecule has 46 heavy (non-hydrogen) atoms. The molecule has 0 saturated carbocycles. The van der Waals surface area contributed by atoms with Gasteiger partial charge in [-0.3, -0.25) is 19.7 Å².